The zero-order chi connectivity index (χ0) is 20.9. The molecule has 1 aromatic heterocycles. The van der Waals surface area contributed by atoms with Crippen molar-refractivity contribution in [2.75, 3.05) is 6.26 Å². The molecule has 28 heavy (non-hydrogen) atoms. The Morgan fingerprint density at radius 3 is 2.25 bits per heavy atom. The zero-order valence-electron chi connectivity index (χ0n) is 14.5. The summed E-state index contributed by atoms with van der Waals surface area (Å²) in [6.07, 6.45) is -3.89. The van der Waals surface area contributed by atoms with Gasteiger partial charge in [-0.3, -0.25) is 0 Å². The second kappa shape index (κ2) is 7.00. The number of halogens is 5. The molecule has 1 heterocycles. The van der Waals surface area contributed by atoms with Gasteiger partial charge in [0.15, 0.2) is 9.84 Å². The highest BCUT2D eigenvalue weighted by atomic mass is 79.9. The lowest BCUT2D eigenvalue weighted by Gasteiger charge is -2.07. The first-order chi connectivity index (χ1) is 12.9. The van der Waals surface area contributed by atoms with Crippen LogP contribution < -0.4 is 0 Å². The molecule has 10 heteroatoms. The van der Waals surface area contributed by atoms with E-state index in [-0.39, 0.29) is 17.0 Å². The molecule has 0 spiro atoms. The Bertz CT molecular complexity index is 1170. The summed E-state index contributed by atoms with van der Waals surface area (Å²) in [4.78, 5) is 5.31. The van der Waals surface area contributed by atoms with Crippen LogP contribution >= 0.6 is 15.9 Å². The Hall–Kier alpha value is -2.20. The van der Waals surface area contributed by atoms with E-state index in [1.54, 1.807) is 18.2 Å². The van der Waals surface area contributed by atoms with Crippen molar-refractivity contribution in [2.45, 2.75) is 18.0 Å². The molecule has 3 rings (SSSR count). The summed E-state index contributed by atoms with van der Waals surface area (Å²) in [5, 5.41) is 0. The van der Waals surface area contributed by atoms with Gasteiger partial charge in [-0.1, -0.05) is 34.1 Å². The van der Waals surface area contributed by atoms with Gasteiger partial charge in [-0.2, -0.15) is 13.2 Å². The van der Waals surface area contributed by atoms with Gasteiger partial charge >= 0.3 is 6.18 Å². The number of hydrogen-bond donors (Lipinski definition) is 1. The minimum atomic E-state index is -4.74. The van der Waals surface area contributed by atoms with Gasteiger partial charge in [0.05, 0.1) is 11.4 Å². The summed E-state index contributed by atoms with van der Waals surface area (Å²) in [7, 11) is -3.81. The van der Waals surface area contributed by atoms with Crippen LogP contribution in [-0.4, -0.2) is 24.6 Å². The maximum Gasteiger partial charge on any atom is 0.449 e. The van der Waals surface area contributed by atoms with E-state index in [4.69, 9.17) is 0 Å². The van der Waals surface area contributed by atoms with Crippen LogP contribution in [0.1, 0.15) is 11.4 Å². The van der Waals surface area contributed by atoms with Gasteiger partial charge in [0.25, 0.3) is 0 Å². The number of imidazole rings is 1. The van der Waals surface area contributed by atoms with Crippen molar-refractivity contribution in [3.63, 3.8) is 0 Å². The number of H-pyrrole nitrogens is 1. The van der Waals surface area contributed by atoms with Crippen LogP contribution in [0.5, 0.6) is 0 Å². The van der Waals surface area contributed by atoms with Crippen molar-refractivity contribution >= 4 is 25.8 Å². The molecule has 0 saturated carbocycles. The van der Waals surface area contributed by atoms with E-state index in [0.717, 1.165) is 24.0 Å². The average Bonchev–Trinajstić information content (AvgIpc) is 3.01. The monoisotopic (exact) mass is 476 g/mol. The Kier molecular flexibility index (Phi) is 5.13. The zero-order valence-corrected chi connectivity index (χ0v) is 16.9. The molecule has 0 atom stereocenters. The normalized spacial score (nSPS) is 12.4. The lowest BCUT2D eigenvalue weighted by molar-refractivity contribution is -0.144. The number of aryl methyl sites for hydroxylation is 1. The Morgan fingerprint density at radius 1 is 1.07 bits per heavy atom. The number of rotatable bonds is 3. The molecular formula is C18H13BrF4N2O2S. The minimum absolute atomic E-state index is 0.0170. The Morgan fingerprint density at radius 2 is 1.71 bits per heavy atom. The van der Waals surface area contributed by atoms with Crippen LogP contribution in [0, 0.1) is 12.7 Å². The molecule has 0 bridgehead atoms. The first-order valence-corrected chi connectivity index (χ1v) is 10.5. The maximum absolute atomic E-state index is 14.3. The Balaban J connectivity index is 2.24. The number of hydrogen-bond acceptors (Lipinski definition) is 3. The molecule has 0 unspecified atom stereocenters. The summed E-state index contributed by atoms with van der Waals surface area (Å²) >= 11 is 3.33. The van der Waals surface area contributed by atoms with Crippen LogP contribution in [0.15, 0.2) is 45.8 Å². The molecule has 4 nitrogen and oxygen atoms in total. The third-order valence-corrected chi connectivity index (χ3v) is 6.02. The second-order valence-corrected chi connectivity index (χ2v) is 9.03. The van der Waals surface area contributed by atoms with E-state index in [1.165, 1.54) is 6.07 Å². The van der Waals surface area contributed by atoms with Crippen molar-refractivity contribution in [2.24, 2.45) is 0 Å². The third-order valence-electron chi connectivity index (χ3n) is 4.04. The van der Waals surface area contributed by atoms with Crippen LogP contribution in [-0.2, 0) is 16.0 Å². The second-order valence-electron chi connectivity index (χ2n) is 6.19. The average molecular weight is 477 g/mol. The van der Waals surface area contributed by atoms with E-state index in [9.17, 15) is 26.0 Å². The van der Waals surface area contributed by atoms with Crippen molar-refractivity contribution in [3.8, 4) is 22.5 Å². The molecule has 0 radical (unpaired) electrons. The number of benzene rings is 2. The summed E-state index contributed by atoms with van der Waals surface area (Å²) < 4.78 is 77.7. The molecule has 0 aliphatic rings. The van der Waals surface area contributed by atoms with Crippen molar-refractivity contribution < 1.29 is 26.0 Å². The lowest BCUT2D eigenvalue weighted by Crippen LogP contribution is -2.07. The van der Waals surface area contributed by atoms with Gasteiger partial charge in [-0.05, 0) is 30.7 Å². The summed E-state index contributed by atoms with van der Waals surface area (Å²) in [5.41, 5.74) is 1.21. The molecule has 2 aromatic carbocycles. The van der Waals surface area contributed by atoms with Crippen LogP contribution in [0.25, 0.3) is 22.5 Å². The maximum atomic E-state index is 14.3. The van der Waals surface area contributed by atoms with E-state index in [2.05, 4.69) is 25.9 Å². The van der Waals surface area contributed by atoms with Gasteiger partial charge in [0.1, 0.15) is 10.7 Å². The number of nitrogens with one attached hydrogen (secondary N) is 1. The highest BCUT2D eigenvalue weighted by Crippen LogP contribution is 2.37. The van der Waals surface area contributed by atoms with Crippen molar-refractivity contribution in [1.82, 2.24) is 9.97 Å². The minimum Gasteiger partial charge on any atom is -0.334 e. The molecule has 0 fully saturated rings. The van der Waals surface area contributed by atoms with E-state index in [1.807, 2.05) is 6.92 Å². The largest absolute Gasteiger partial charge is 0.449 e. The molecular weight excluding hydrogens is 464 g/mol. The number of alkyl halides is 3. The fourth-order valence-corrected chi connectivity index (χ4v) is 3.73. The molecule has 0 aliphatic heterocycles. The quantitative estimate of drug-likeness (QED) is 0.516. The van der Waals surface area contributed by atoms with Gasteiger partial charge < -0.3 is 4.98 Å². The van der Waals surface area contributed by atoms with E-state index < -0.39 is 32.6 Å². The highest BCUT2D eigenvalue weighted by Gasteiger charge is 2.36. The summed E-state index contributed by atoms with van der Waals surface area (Å²) in [6.45, 7) is 1.82. The summed E-state index contributed by atoms with van der Waals surface area (Å²) in [6, 6.07) is 8.04. The molecule has 1 N–H and O–H groups in total. The molecule has 0 saturated heterocycles. The van der Waals surface area contributed by atoms with Crippen molar-refractivity contribution in [1.29, 1.82) is 0 Å². The van der Waals surface area contributed by atoms with Gasteiger partial charge in [0, 0.05) is 21.9 Å². The molecule has 0 amide bonds. The van der Waals surface area contributed by atoms with E-state index in [0.29, 0.717) is 10.0 Å². The fraction of sp³-hybridized carbons (Fsp3) is 0.167. The van der Waals surface area contributed by atoms with Crippen molar-refractivity contribution in [3.05, 3.63) is 58.1 Å². The van der Waals surface area contributed by atoms with Crippen LogP contribution in [0.2, 0.25) is 0 Å². The predicted octanol–water partition coefficient (Wildman–Crippen LogP) is 5.38. The molecule has 0 aliphatic carbocycles. The topological polar surface area (TPSA) is 62.8 Å². The standard InChI is InChI=1S/C18H13BrF4N2O2S/c1-9-3-4-10(7-12(9)19)15-16(25-17(24-15)18(21,22)23)11-5-6-14(13(20)8-11)28(2,26)27/h3-8H,1-2H3,(H,24,25). The summed E-state index contributed by atoms with van der Waals surface area (Å²) in [5.74, 6) is -2.30. The molecule has 148 valence electrons. The van der Waals surface area contributed by atoms with E-state index >= 15 is 0 Å². The molecule has 3 aromatic rings. The number of aromatic amines is 1. The first kappa shape index (κ1) is 20.5. The SMILES string of the molecule is Cc1ccc(-c2[nH]c(C(F)(F)F)nc2-c2ccc(S(C)(=O)=O)c(F)c2)cc1Br. The smallest absolute Gasteiger partial charge is 0.334 e. The number of aromatic nitrogens is 2. The van der Waals surface area contributed by atoms with Crippen LogP contribution in [0.3, 0.4) is 0 Å². The third kappa shape index (κ3) is 3.97. The fourth-order valence-electron chi connectivity index (χ4n) is 2.62. The predicted molar refractivity (Wildman–Crippen MR) is 100.0 cm³/mol. The van der Waals surface area contributed by atoms with Gasteiger partial charge in [-0.15, -0.1) is 0 Å². The van der Waals surface area contributed by atoms with Gasteiger partial charge in [0.2, 0.25) is 5.82 Å². The van der Waals surface area contributed by atoms with Gasteiger partial charge in [-0.25, -0.2) is 17.8 Å². The lowest BCUT2D eigenvalue weighted by atomic mass is 10.0. The number of nitrogens with zero attached hydrogens (tertiary/aromatic N) is 1. The van der Waals surface area contributed by atoms with Crippen LogP contribution in [0.4, 0.5) is 17.6 Å². The highest BCUT2D eigenvalue weighted by molar-refractivity contribution is 9.10. The Labute approximate surface area is 166 Å². The number of sulfone groups is 1. The first-order valence-electron chi connectivity index (χ1n) is 7.81.